The third-order valence-electron chi connectivity index (χ3n) is 2.85. The first kappa shape index (κ1) is 13.8. The first-order valence-electron chi connectivity index (χ1n) is 5.62. The van der Waals surface area contributed by atoms with Crippen LogP contribution in [0.25, 0.3) is 0 Å². The van der Waals surface area contributed by atoms with E-state index in [1.807, 2.05) is 0 Å². The average Bonchev–Trinajstić information content (AvgIpc) is 1.71. The molecule has 4 nitrogen and oxygen atoms in total. The minimum Gasteiger partial charge on any atom is -0.342 e. The van der Waals surface area contributed by atoms with Crippen LogP contribution in [0, 0.1) is 0 Å². The van der Waals surface area contributed by atoms with E-state index < -0.39 is 34.3 Å². The molecule has 1 aliphatic heterocycles. The summed E-state index contributed by atoms with van der Waals surface area (Å²) in [4.78, 5) is 0. The van der Waals surface area contributed by atoms with Crippen molar-refractivity contribution in [1.29, 1.82) is 0 Å². The van der Waals surface area contributed by atoms with Gasteiger partial charge in [0.1, 0.15) is 0 Å². The number of nitrogens with one attached hydrogen (secondary N) is 2. The summed E-state index contributed by atoms with van der Waals surface area (Å²) in [7, 11) is -5.55. The molecule has 15 heavy (non-hydrogen) atoms. The number of nitrogens with zero attached hydrogens (tertiary/aromatic N) is 1. The summed E-state index contributed by atoms with van der Waals surface area (Å²) in [5.74, 6) is 0. The van der Waals surface area contributed by atoms with E-state index in [9.17, 15) is 0 Å². The Morgan fingerprint density at radius 2 is 1.27 bits per heavy atom. The van der Waals surface area contributed by atoms with Gasteiger partial charge in [0.15, 0.2) is 34.3 Å². The van der Waals surface area contributed by atoms with Gasteiger partial charge in [-0.25, -0.2) is 0 Å². The molecule has 1 rings (SSSR count). The number of hydrogen-bond donors (Lipinski definition) is 3. The molecule has 0 radical (unpaired) electrons. The molecule has 1 atom stereocenters. The van der Waals surface area contributed by atoms with Gasteiger partial charge < -0.3 is 18.6 Å². The summed E-state index contributed by atoms with van der Waals surface area (Å²) in [5.41, 5.74) is 0. The van der Waals surface area contributed by atoms with Crippen molar-refractivity contribution < 1.29 is 0 Å². The quantitative estimate of drug-likeness (QED) is 0.608. The van der Waals surface area contributed by atoms with Crippen LogP contribution in [0.3, 0.4) is 0 Å². The zero-order chi connectivity index (χ0) is 12.1. The summed E-state index contributed by atoms with van der Waals surface area (Å²) in [6.07, 6.45) is 0. The standard InChI is InChI=1S/C7H26N4Si4/c1-12(8)11-14(4,5)9-13(2,3)10-15(11,6)7/h9-10,12H,8H2,1-7H3. The van der Waals surface area contributed by atoms with E-state index >= 15 is 0 Å². The van der Waals surface area contributed by atoms with Crippen molar-refractivity contribution in [1.82, 2.24) is 13.2 Å². The minimum atomic E-state index is -1.47. The molecule has 1 fully saturated rings. The highest BCUT2D eigenvalue weighted by Gasteiger charge is 2.52. The third kappa shape index (κ3) is 2.88. The summed E-state index contributed by atoms with van der Waals surface area (Å²) in [5, 5.41) is 6.28. The lowest BCUT2D eigenvalue weighted by atomic mass is 11.9. The molecule has 0 spiro atoms. The van der Waals surface area contributed by atoms with Crippen molar-refractivity contribution in [2.24, 2.45) is 5.40 Å². The maximum atomic E-state index is 6.28. The monoisotopic (exact) mass is 278 g/mol. The van der Waals surface area contributed by atoms with Gasteiger partial charge in [-0.15, -0.1) is 0 Å². The highest BCUT2D eigenvalue weighted by atomic mass is 28.5. The molecule has 0 bridgehead atoms. The molecule has 0 amide bonds. The highest BCUT2D eigenvalue weighted by molar-refractivity contribution is 7.09. The predicted octanol–water partition coefficient (Wildman–Crippen LogP) is 0.396. The first-order valence-corrected chi connectivity index (χ1v) is 16.8. The zero-order valence-electron chi connectivity index (χ0n) is 11.1. The lowest BCUT2D eigenvalue weighted by Gasteiger charge is -2.58. The molecular weight excluding hydrogens is 252 g/mol. The highest BCUT2D eigenvalue weighted by Crippen LogP contribution is 2.23. The van der Waals surface area contributed by atoms with E-state index in [1.165, 1.54) is 0 Å². The van der Waals surface area contributed by atoms with Crippen LogP contribution in [0.2, 0.25) is 45.8 Å². The molecule has 0 aliphatic carbocycles. The van der Waals surface area contributed by atoms with Crippen LogP contribution in [0.4, 0.5) is 0 Å². The number of hydrogen-bond acceptors (Lipinski definition) is 4. The van der Waals surface area contributed by atoms with Gasteiger partial charge in [0.05, 0.1) is 0 Å². The second-order valence-corrected chi connectivity index (χ2v) is 22.0. The van der Waals surface area contributed by atoms with Crippen molar-refractivity contribution >= 4 is 34.3 Å². The maximum absolute atomic E-state index is 6.28. The van der Waals surface area contributed by atoms with Crippen molar-refractivity contribution in [3.05, 3.63) is 0 Å². The van der Waals surface area contributed by atoms with Crippen molar-refractivity contribution in [2.75, 3.05) is 0 Å². The van der Waals surface area contributed by atoms with E-state index in [-0.39, 0.29) is 0 Å². The summed E-state index contributed by atoms with van der Waals surface area (Å²) >= 11 is 0. The number of rotatable bonds is 1. The van der Waals surface area contributed by atoms with E-state index in [1.54, 1.807) is 0 Å². The summed E-state index contributed by atoms with van der Waals surface area (Å²) in [6.45, 7) is 16.6. The van der Waals surface area contributed by atoms with Gasteiger partial charge in [-0.1, -0.05) is 0 Å². The van der Waals surface area contributed by atoms with Gasteiger partial charge in [-0.3, -0.25) is 0 Å². The molecule has 8 heteroatoms. The normalized spacial score (nSPS) is 31.2. The molecule has 1 aliphatic rings. The Morgan fingerprint density at radius 1 is 0.933 bits per heavy atom. The molecule has 0 aromatic carbocycles. The molecular formula is C7H26N4Si4. The van der Waals surface area contributed by atoms with Crippen LogP contribution in [-0.4, -0.2) is 38.2 Å². The van der Waals surface area contributed by atoms with E-state index in [4.69, 9.17) is 5.40 Å². The smallest absolute Gasteiger partial charge is 0.183 e. The Bertz CT molecular complexity index is 233. The van der Waals surface area contributed by atoms with Crippen LogP contribution in [0.15, 0.2) is 0 Å². The largest absolute Gasteiger partial charge is 0.342 e. The fourth-order valence-corrected chi connectivity index (χ4v) is 33.3. The Hall–Kier alpha value is 0.708. The molecule has 0 aromatic heterocycles. The number of nitrogens with two attached hydrogens (primary N) is 1. The zero-order valence-corrected chi connectivity index (χ0v) is 15.3. The van der Waals surface area contributed by atoms with Crippen molar-refractivity contribution in [3.63, 3.8) is 0 Å². The molecule has 1 unspecified atom stereocenters. The maximum Gasteiger partial charge on any atom is 0.183 e. The minimum absolute atomic E-state index is 1.21. The molecule has 90 valence electrons. The average molecular weight is 279 g/mol. The third-order valence-corrected chi connectivity index (χ3v) is 25.6. The van der Waals surface area contributed by atoms with Crippen LogP contribution in [0.1, 0.15) is 0 Å². The van der Waals surface area contributed by atoms with Gasteiger partial charge >= 0.3 is 0 Å². The first-order chi connectivity index (χ1) is 6.48. The van der Waals surface area contributed by atoms with Gasteiger partial charge in [0.25, 0.3) is 0 Å². The fourth-order valence-electron chi connectivity index (χ4n) is 3.40. The topological polar surface area (TPSA) is 53.3 Å². The SMILES string of the molecule is C[SiH](N)N1[Si](C)(C)N[Si](C)(C)N[Si]1(C)C. The van der Waals surface area contributed by atoms with Gasteiger partial charge in [-0.05, 0) is 45.8 Å². The molecule has 4 N–H and O–H groups in total. The lowest BCUT2D eigenvalue weighted by molar-refractivity contribution is 0.823. The Kier molecular flexibility index (Phi) is 3.56. The van der Waals surface area contributed by atoms with Gasteiger partial charge in [-0.2, -0.15) is 0 Å². The Balaban J connectivity index is 3.07. The molecule has 1 saturated heterocycles. The molecule has 0 saturated carbocycles. The van der Waals surface area contributed by atoms with Gasteiger partial charge in [0.2, 0.25) is 0 Å². The predicted molar refractivity (Wildman–Crippen MR) is 77.8 cm³/mol. The van der Waals surface area contributed by atoms with Crippen molar-refractivity contribution in [2.45, 2.75) is 45.8 Å². The van der Waals surface area contributed by atoms with E-state index in [0.29, 0.717) is 0 Å². The summed E-state index contributed by atoms with van der Waals surface area (Å²) < 4.78 is 10.5. The van der Waals surface area contributed by atoms with E-state index in [2.05, 4.69) is 59.0 Å². The van der Waals surface area contributed by atoms with Crippen LogP contribution >= 0.6 is 0 Å². The van der Waals surface area contributed by atoms with Crippen LogP contribution < -0.4 is 14.7 Å². The van der Waals surface area contributed by atoms with E-state index in [0.717, 1.165) is 0 Å². The Labute approximate surface area is 98.9 Å². The fraction of sp³-hybridized carbons (Fsp3) is 1.00. The second-order valence-electron chi connectivity index (χ2n) is 6.10. The van der Waals surface area contributed by atoms with Gasteiger partial charge in [0, 0.05) is 0 Å². The Morgan fingerprint density at radius 3 is 1.53 bits per heavy atom. The van der Waals surface area contributed by atoms with Crippen LogP contribution in [0.5, 0.6) is 0 Å². The second kappa shape index (κ2) is 3.87. The lowest BCUT2D eigenvalue weighted by Crippen LogP contribution is -2.90. The molecule has 1 heterocycles. The summed E-state index contributed by atoms with van der Waals surface area (Å²) in [6, 6.07) is 0. The van der Waals surface area contributed by atoms with Crippen LogP contribution in [-0.2, 0) is 0 Å². The van der Waals surface area contributed by atoms with Crippen molar-refractivity contribution in [3.8, 4) is 0 Å². The molecule has 0 aromatic rings.